The summed E-state index contributed by atoms with van der Waals surface area (Å²) in [4.78, 5) is 0. The summed E-state index contributed by atoms with van der Waals surface area (Å²) in [5, 5.41) is 9.60. The molecule has 1 aliphatic carbocycles. The number of aliphatic hydroxyl groups excluding tert-OH is 1. The predicted molar refractivity (Wildman–Crippen MR) is 42.3 cm³/mol. The molecule has 1 saturated carbocycles. The van der Waals surface area contributed by atoms with E-state index in [1.54, 1.807) is 0 Å². The molecule has 3 atom stereocenters. The van der Waals surface area contributed by atoms with Crippen molar-refractivity contribution in [2.45, 2.75) is 51.4 Å². The standard InChI is InChI=1S/C9H16O2/c1-8(2)4-6(10)7-9(3,5-8)11-7/h6-7,10H,4-5H2,1-3H3/t6-,7+,9+/m0/s1. The third kappa shape index (κ3) is 1.09. The molecule has 0 unspecified atom stereocenters. The van der Waals surface area contributed by atoms with E-state index in [9.17, 15) is 5.11 Å². The van der Waals surface area contributed by atoms with Crippen LogP contribution in [-0.4, -0.2) is 22.9 Å². The molecule has 0 radical (unpaired) electrons. The second-order valence-electron chi connectivity index (χ2n) is 4.96. The minimum atomic E-state index is -0.233. The van der Waals surface area contributed by atoms with Gasteiger partial charge in [0.25, 0.3) is 0 Å². The normalized spacial score (nSPS) is 53.5. The Morgan fingerprint density at radius 3 is 2.55 bits per heavy atom. The van der Waals surface area contributed by atoms with Crippen molar-refractivity contribution in [3.8, 4) is 0 Å². The van der Waals surface area contributed by atoms with Crippen LogP contribution >= 0.6 is 0 Å². The Labute approximate surface area is 67.6 Å². The fraction of sp³-hybridized carbons (Fsp3) is 1.00. The van der Waals surface area contributed by atoms with Gasteiger partial charge in [-0.3, -0.25) is 0 Å². The molecule has 0 aromatic heterocycles. The van der Waals surface area contributed by atoms with E-state index in [0.717, 1.165) is 12.8 Å². The lowest BCUT2D eigenvalue weighted by atomic mass is 9.71. The number of hydrogen-bond acceptors (Lipinski definition) is 2. The van der Waals surface area contributed by atoms with Crippen molar-refractivity contribution in [1.82, 2.24) is 0 Å². The molecular formula is C9H16O2. The molecular weight excluding hydrogens is 140 g/mol. The van der Waals surface area contributed by atoms with Crippen molar-refractivity contribution in [1.29, 1.82) is 0 Å². The van der Waals surface area contributed by atoms with Gasteiger partial charge in [0.1, 0.15) is 6.10 Å². The first-order chi connectivity index (χ1) is 4.93. The van der Waals surface area contributed by atoms with E-state index < -0.39 is 0 Å². The fourth-order valence-electron chi connectivity index (χ4n) is 2.58. The highest BCUT2D eigenvalue weighted by Gasteiger charge is 2.61. The van der Waals surface area contributed by atoms with Gasteiger partial charge in [0.2, 0.25) is 0 Å². The van der Waals surface area contributed by atoms with E-state index in [1.165, 1.54) is 0 Å². The van der Waals surface area contributed by atoms with Crippen molar-refractivity contribution < 1.29 is 9.84 Å². The van der Waals surface area contributed by atoms with Gasteiger partial charge < -0.3 is 9.84 Å². The van der Waals surface area contributed by atoms with Crippen LogP contribution in [0.15, 0.2) is 0 Å². The van der Waals surface area contributed by atoms with Crippen molar-refractivity contribution in [3.05, 3.63) is 0 Å². The van der Waals surface area contributed by atoms with Gasteiger partial charge in [0, 0.05) is 0 Å². The van der Waals surface area contributed by atoms with Gasteiger partial charge in [0.15, 0.2) is 0 Å². The van der Waals surface area contributed by atoms with Crippen LogP contribution in [0.4, 0.5) is 0 Å². The second kappa shape index (κ2) is 1.80. The number of aliphatic hydroxyl groups is 1. The van der Waals surface area contributed by atoms with Crippen LogP contribution in [0.25, 0.3) is 0 Å². The molecule has 0 aromatic rings. The van der Waals surface area contributed by atoms with E-state index in [-0.39, 0.29) is 23.2 Å². The smallest absolute Gasteiger partial charge is 0.113 e. The Bertz CT molecular complexity index is 185. The summed E-state index contributed by atoms with van der Waals surface area (Å²) in [5.74, 6) is 0. The number of fused-ring (bicyclic) bond motifs is 1. The van der Waals surface area contributed by atoms with Gasteiger partial charge in [-0.15, -0.1) is 0 Å². The zero-order valence-electron chi connectivity index (χ0n) is 7.42. The third-order valence-corrected chi connectivity index (χ3v) is 2.88. The molecule has 0 aromatic carbocycles. The van der Waals surface area contributed by atoms with Crippen molar-refractivity contribution in [2.75, 3.05) is 0 Å². The van der Waals surface area contributed by atoms with Crippen LogP contribution in [-0.2, 0) is 4.74 Å². The maximum Gasteiger partial charge on any atom is 0.113 e. The van der Waals surface area contributed by atoms with E-state index in [1.807, 2.05) is 0 Å². The highest BCUT2D eigenvalue weighted by atomic mass is 16.6. The fourth-order valence-corrected chi connectivity index (χ4v) is 2.58. The summed E-state index contributed by atoms with van der Waals surface area (Å²) < 4.78 is 5.46. The highest BCUT2D eigenvalue weighted by molar-refractivity contribution is 5.10. The number of hydrogen-bond donors (Lipinski definition) is 1. The van der Waals surface area contributed by atoms with E-state index in [2.05, 4.69) is 20.8 Å². The van der Waals surface area contributed by atoms with Crippen molar-refractivity contribution in [2.24, 2.45) is 5.41 Å². The van der Waals surface area contributed by atoms with Gasteiger partial charge >= 0.3 is 0 Å². The third-order valence-electron chi connectivity index (χ3n) is 2.88. The Kier molecular flexibility index (Phi) is 1.24. The van der Waals surface area contributed by atoms with Crippen molar-refractivity contribution in [3.63, 3.8) is 0 Å². The molecule has 2 rings (SSSR count). The molecule has 2 aliphatic rings. The molecule has 0 spiro atoms. The predicted octanol–water partition coefficient (Wildman–Crippen LogP) is 1.32. The summed E-state index contributed by atoms with van der Waals surface area (Å²) in [7, 11) is 0. The Balaban J connectivity index is 2.15. The van der Waals surface area contributed by atoms with Crippen LogP contribution in [0, 0.1) is 5.41 Å². The molecule has 64 valence electrons. The number of ether oxygens (including phenoxy) is 1. The van der Waals surface area contributed by atoms with Crippen molar-refractivity contribution >= 4 is 0 Å². The quantitative estimate of drug-likeness (QED) is 0.537. The van der Waals surface area contributed by atoms with E-state index >= 15 is 0 Å². The molecule has 2 fully saturated rings. The molecule has 2 heteroatoms. The molecule has 1 saturated heterocycles. The molecule has 2 nitrogen and oxygen atoms in total. The minimum Gasteiger partial charge on any atom is -0.390 e. The van der Waals surface area contributed by atoms with Gasteiger partial charge in [-0.25, -0.2) is 0 Å². The molecule has 0 amide bonds. The first-order valence-electron chi connectivity index (χ1n) is 4.29. The maximum absolute atomic E-state index is 9.60. The lowest BCUT2D eigenvalue weighted by molar-refractivity contribution is 0.0705. The summed E-state index contributed by atoms with van der Waals surface area (Å²) in [5.41, 5.74) is 0.252. The SMILES string of the molecule is CC1(C)C[C@H](O)[C@H]2O[C@]2(C)C1. The largest absolute Gasteiger partial charge is 0.390 e. The topological polar surface area (TPSA) is 32.8 Å². The summed E-state index contributed by atoms with van der Waals surface area (Å²) in [6, 6.07) is 0. The average Bonchev–Trinajstić information content (AvgIpc) is 2.36. The molecule has 1 heterocycles. The van der Waals surface area contributed by atoms with E-state index in [4.69, 9.17) is 4.74 Å². The number of epoxide rings is 1. The van der Waals surface area contributed by atoms with Gasteiger partial charge in [-0.2, -0.15) is 0 Å². The van der Waals surface area contributed by atoms with Crippen LogP contribution in [0.3, 0.4) is 0 Å². The Morgan fingerprint density at radius 2 is 2.00 bits per heavy atom. The lowest BCUT2D eigenvalue weighted by Crippen LogP contribution is -2.37. The van der Waals surface area contributed by atoms with Crippen LogP contribution in [0.2, 0.25) is 0 Å². The zero-order chi connectivity index (χ0) is 8.28. The summed E-state index contributed by atoms with van der Waals surface area (Å²) >= 11 is 0. The summed E-state index contributed by atoms with van der Waals surface area (Å²) in [6.07, 6.45) is 1.87. The monoisotopic (exact) mass is 156 g/mol. The van der Waals surface area contributed by atoms with Crippen LogP contribution < -0.4 is 0 Å². The Hall–Kier alpha value is -0.0800. The van der Waals surface area contributed by atoms with Gasteiger partial charge in [-0.05, 0) is 25.2 Å². The first kappa shape index (κ1) is 7.56. The molecule has 1 N–H and O–H groups in total. The average molecular weight is 156 g/mol. The molecule has 11 heavy (non-hydrogen) atoms. The highest BCUT2D eigenvalue weighted by Crippen LogP contribution is 2.53. The second-order valence-corrected chi connectivity index (χ2v) is 4.96. The molecule has 1 aliphatic heterocycles. The van der Waals surface area contributed by atoms with Crippen LogP contribution in [0.5, 0.6) is 0 Å². The van der Waals surface area contributed by atoms with E-state index in [0.29, 0.717) is 0 Å². The number of rotatable bonds is 0. The maximum atomic E-state index is 9.60. The lowest BCUT2D eigenvalue weighted by Gasteiger charge is -2.33. The minimum absolute atomic E-state index is 0.00116. The zero-order valence-corrected chi connectivity index (χ0v) is 7.42. The van der Waals surface area contributed by atoms with Crippen LogP contribution in [0.1, 0.15) is 33.6 Å². The Morgan fingerprint density at radius 1 is 1.36 bits per heavy atom. The van der Waals surface area contributed by atoms with Gasteiger partial charge in [-0.1, -0.05) is 13.8 Å². The molecule has 0 bridgehead atoms. The van der Waals surface area contributed by atoms with Gasteiger partial charge in [0.05, 0.1) is 11.7 Å². The summed E-state index contributed by atoms with van der Waals surface area (Å²) in [6.45, 7) is 6.49. The first-order valence-corrected chi connectivity index (χ1v) is 4.29.